The van der Waals surface area contributed by atoms with E-state index in [4.69, 9.17) is 4.74 Å². The molecule has 1 heterocycles. The number of hydrogen-bond acceptors (Lipinski definition) is 6. The van der Waals surface area contributed by atoms with Crippen molar-refractivity contribution >= 4 is 22.8 Å². The van der Waals surface area contributed by atoms with Gasteiger partial charge < -0.3 is 24.9 Å². The Kier molecular flexibility index (Phi) is 4.67. The molecule has 0 amide bonds. The fraction of sp³-hybridized carbons (Fsp3) is 0.333. The van der Waals surface area contributed by atoms with Crippen molar-refractivity contribution in [3.63, 3.8) is 0 Å². The average molecular weight is 306 g/mol. The predicted octanol–water partition coefficient (Wildman–Crippen LogP) is 2.20. The summed E-state index contributed by atoms with van der Waals surface area (Å²) in [6.07, 6.45) is -0.889. The molecule has 1 aromatic heterocycles. The molecule has 2 rings (SSSR count). The smallest absolute Gasteiger partial charge is 0.506 e. The number of ether oxygens (including phenoxy) is 2. The molecule has 0 aliphatic carbocycles. The van der Waals surface area contributed by atoms with Crippen LogP contribution in [0.5, 0.6) is 11.6 Å². The Morgan fingerprint density at radius 1 is 1.36 bits per heavy atom. The van der Waals surface area contributed by atoms with Crippen LogP contribution in [0, 0.1) is 0 Å². The standard InChI is InChI=1S/C15H18N2O5/c1-8(2)16-7-12(19)9-4-5-11(18)14-10(9)6-13(17-14)22-15(20)21-3/h4-6,8,16-18H,7H2,1-3H3. The highest BCUT2D eigenvalue weighted by Crippen LogP contribution is 2.31. The van der Waals surface area contributed by atoms with E-state index in [1.54, 1.807) is 0 Å². The van der Waals surface area contributed by atoms with E-state index in [-0.39, 0.29) is 30.0 Å². The first kappa shape index (κ1) is 15.8. The van der Waals surface area contributed by atoms with Crippen LogP contribution in [0.15, 0.2) is 18.2 Å². The first-order valence-electron chi connectivity index (χ1n) is 6.79. The number of H-pyrrole nitrogens is 1. The summed E-state index contributed by atoms with van der Waals surface area (Å²) in [6.45, 7) is 4.06. The molecule has 2 aromatic rings. The van der Waals surface area contributed by atoms with Crippen LogP contribution in [0.2, 0.25) is 0 Å². The molecule has 0 spiro atoms. The van der Waals surface area contributed by atoms with Crippen molar-refractivity contribution in [1.29, 1.82) is 0 Å². The maximum absolute atomic E-state index is 12.3. The van der Waals surface area contributed by atoms with Crippen molar-refractivity contribution in [2.45, 2.75) is 19.9 Å². The van der Waals surface area contributed by atoms with Crippen molar-refractivity contribution < 1.29 is 24.2 Å². The van der Waals surface area contributed by atoms with Crippen molar-refractivity contribution in [2.24, 2.45) is 0 Å². The number of ketones is 1. The highest BCUT2D eigenvalue weighted by atomic mass is 16.7. The van der Waals surface area contributed by atoms with Crippen LogP contribution in [0.4, 0.5) is 4.79 Å². The third-order valence-corrected chi connectivity index (χ3v) is 3.08. The molecule has 0 unspecified atom stereocenters. The minimum absolute atomic E-state index is 0.0388. The number of aromatic hydroxyl groups is 1. The Morgan fingerprint density at radius 2 is 2.09 bits per heavy atom. The summed E-state index contributed by atoms with van der Waals surface area (Å²) in [4.78, 5) is 26.2. The van der Waals surface area contributed by atoms with E-state index in [2.05, 4.69) is 15.0 Å². The zero-order chi connectivity index (χ0) is 16.3. The molecule has 1 aromatic carbocycles. The normalized spacial score (nSPS) is 10.9. The first-order chi connectivity index (χ1) is 10.4. The minimum atomic E-state index is -0.889. The van der Waals surface area contributed by atoms with Gasteiger partial charge >= 0.3 is 6.16 Å². The largest absolute Gasteiger partial charge is 0.514 e. The van der Waals surface area contributed by atoms with Gasteiger partial charge in [0.2, 0.25) is 5.88 Å². The number of methoxy groups -OCH3 is 1. The second-order valence-corrected chi connectivity index (χ2v) is 5.07. The molecule has 7 heteroatoms. The molecule has 7 nitrogen and oxygen atoms in total. The van der Waals surface area contributed by atoms with Crippen LogP contribution in [0.25, 0.3) is 10.9 Å². The van der Waals surface area contributed by atoms with Crippen molar-refractivity contribution in [3.8, 4) is 11.6 Å². The third-order valence-electron chi connectivity index (χ3n) is 3.08. The molecule has 0 atom stereocenters. The van der Waals surface area contributed by atoms with Gasteiger partial charge in [0.1, 0.15) is 5.75 Å². The van der Waals surface area contributed by atoms with Gasteiger partial charge in [-0.3, -0.25) is 4.79 Å². The molecule has 0 fully saturated rings. The van der Waals surface area contributed by atoms with E-state index in [0.29, 0.717) is 16.5 Å². The van der Waals surface area contributed by atoms with E-state index in [9.17, 15) is 14.7 Å². The number of fused-ring (bicyclic) bond motifs is 1. The van der Waals surface area contributed by atoms with E-state index < -0.39 is 6.16 Å². The van der Waals surface area contributed by atoms with Crippen LogP contribution in [0.3, 0.4) is 0 Å². The Hall–Kier alpha value is -2.54. The van der Waals surface area contributed by atoms with Gasteiger partial charge in [-0.2, -0.15) is 0 Å². The number of Topliss-reactive ketones (excluding diaryl/α,β-unsaturated/α-hetero) is 1. The fourth-order valence-corrected chi connectivity index (χ4v) is 2.00. The monoisotopic (exact) mass is 306 g/mol. The van der Waals surface area contributed by atoms with Crippen LogP contribution in [-0.2, 0) is 4.74 Å². The first-order valence-corrected chi connectivity index (χ1v) is 6.79. The number of aromatic amines is 1. The third kappa shape index (κ3) is 3.37. The summed E-state index contributed by atoms with van der Waals surface area (Å²) in [5.74, 6) is -0.0698. The summed E-state index contributed by atoms with van der Waals surface area (Å²) in [6, 6.07) is 4.62. The van der Waals surface area contributed by atoms with Crippen molar-refractivity contribution in [2.75, 3.05) is 13.7 Å². The number of aromatic nitrogens is 1. The van der Waals surface area contributed by atoms with Crippen molar-refractivity contribution in [3.05, 3.63) is 23.8 Å². The lowest BCUT2D eigenvalue weighted by Gasteiger charge is -2.08. The van der Waals surface area contributed by atoms with Gasteiger partial charge in [0.15, 0.2) is 5.78 Å². The number of phenols is 1. The molecule has 0 aliphatic rings. The molecule has 0 saturated heterocycles. The number of carbonyl (C=O) groups is 2. The Bertz CT molecular complexity index is 705. The van der Waals surface area contributed by atoms with E-state index in [0.717, 1.165) is 0 Å². The minimum Gasteiger partial charge on any atom is -0.506 e. The fourth-order valence-electron chi connectivity index (χ4n) is 2.00. The van der Waals surface area contributed by atoms with Gasteiger partial charge in [-0.05, 0) is 12.1 Å². The number of hydrogen-bond donors (Lipinski definition) is 3. The van der Waals surface area contributed by atoms with Gasteiger partial charge in [0.05, 0.1) is 19.2 Å². The van der Waals surface area contributed by atoms with Gasteiger partial charge in [-0.15, -0.1) is 0 Å². The second kappa shape index (κ2) is 6.48. The topological polar surface area (TPSA) is 101 Å². The maximum atomic E-state index is 12.3. The zero-order valence-electron chi connectivity index (χ0n) is 12.6. The lowest BCUT2D eigenvalue weighted by atomic mass is 10.1. The molecule has 22 heavy (non-hydrogen) atoms. The predicted molar refractivity (Wildman–Crippen MR) is 80.5 cm³/mol. The molecule has 0 saturated carbocycles. The number of nitrogens with one attached hydrogen (secondary N) is 2. The summed E-state index contributed by atoms with van der Waals surface area (Å²) in [7, 11) is 1.19. The van der Waals surface area contributed by atoms with Gasteiger partial charge in [-0.1, -0.05) is 13.8 Å². The Labute approximate surface area is 127 Å². The Balaban J connectivity index is 2.37. The molecule has 3 N–H and O–H groups in total. The lowest BCUT2D eigenvalue weighted by Crippen LogP contribution is -2.29. The van der Waals surface area contributed by atoms with Crippen LogP contribution in [-0.4, -0.2) is 41.7 Å². The molecular weight excluding hydrogens is 288 g/mol. The summed E-state index contributed by atoms with van der Waals surface area (Å²) >= 11 is 0. The SMILES string of the molecule is COC(=O)Oc1cc2c(C(=O)CNC(C)C)ccc(O)c2[nH]1. The van der Waals surface area contributed by atoms with Crippen LogP contribution < -0.4 is 10.1 Å². The van der Waals surface area contributed by atoms with Gasteiger partial charge in [-0.25, -0.2) is 4.79 Å². The highest BCUT2D eigenvalue weighted by Gasteiger charge is 2.17. The molecular formula is C15H18N2O5. The highest BCUT2D eigenvalue weighted by molar-refractivity contribution is 6.10. The van der Waals surface area contributed by atoms with Crippen LogP contribution in [0.1, 0.15) is 24.2 Å². The average Bonchev–Trinajstić information content (AvgIpc) is 2.89. The van der Waals surface area contributed by atoms with Crippen molar-refractivity contribution in [1.82, 2.24) is 10.3 Å². The van der Waals surface area contributed by atoms with Gasteiger partial charge in [0.25, 0.3) is 0 Å². The maximum Gasteiger partial charge on any atom is 0.514 e. The lowest BCUT2D eigenvalue weighted by molar-refractivity contribution is 0.0990. The quantitative estimate of drug-likeness (QED) is 0.578. The van der Waals surface area contributed by atoms with Gasteiger partial charge in [0, 0.05) is 23.1 Å². The molecule has 118 valence electrons. The second-order valence-electron chi connectivity index (χ2n) is 5.07. The van der Waals surface area contributed by atoms with E-state index in [1.165, 1.54) is 25.3 Å². The summed E-state index contributed by atoms with van der Waals surface area (Å²) < 4.78 is 9.28. The van der Waals surface area contributed by atoms with E-state index >= 15 is 0 Å². The number of phenolic OH excluding ortho intramolecular Hbond substituents is 1. The molecule has 0 radical (unpaired) electrons. The summed E-state index contributed by atoms with van der Waals surface area (Å²) in [5, 5.41) is 13.4. The zero-order valence-corrected chi connectivity index (χ0v) is 12.6. The number of rotatable bonds is 5. The summed E-state index contributed by atoms with van der Waals surface area (Å²) in [5.41, 5.74) is 0.756. The molecule has 0 bridgehead atoms. The van der Waals surface area contributed by atoms with Crippen LogP contribution >= 0.6 is 0 Å². The molecule has 0 aliphatic heterocycles. The Morgan fingerprint density at radius 3 is 2.73 bits per heavy atom. The number of benzene rings is 1. The van der Waals surface area contributed by atoms with E-state index in [1.807, 2.05) is 13.8 Å². The number of carbonyl (C=O) groups excluding carboxylic acids is 2.